The highest BCUT2D eigenvalue weighted by Crippen LogP contribution is 2.43. The van der Waals surface area contributed by atoms with Crippen LogP contribution in [-0.2, 0) is 4.79 Å². The lowest BCUT2D eigenvalue weighted by atomic mass is 10.1. The van der Waals surface area contributed by atoms with Crippen LogP contribution >= 0.6 is 11.8 Å². The molecule has 6 nitrogen and oxygen atoms in total. The topological polar surface area (TPSA) is 90.6 Å². The Morgan fingerprint density at radius 1 is 1.00 bits per heavy atom. The predicted octanol–water partition coefficient (Wildman–Crippen LogP) is 5.30. The minimum Gasteiger partial charge on any atom is -0.326 e. The second-order valence-electron chi connectivity index (χ2n) is 8.55. The number of benzene rings is 2. The Balaban J connectivity index is 1.35. The van der Waals surface area contributed by atoms with Crippen LogP contribution in [0.4, 0.5) is 5.69 Å². The molecule has 2 aromatic heterocycles. The van der Waals surface area contributed by atoms with Crippen molar-refractivity contribution in [2.24, 2.45) is 5.92 Å². The van der Waals surface area contributed by atoms with Crippen molar-refractivity contribution in [1.82, 2.24) is 15.2 Å². The molecule has 0 spiro atoms. The number of aromatic amines is 2. The molecule has 4 aromatic rings. The number of carbonyl (C=O) groups is 1. The maximum Gasteiger partial charge on any atom is 0.273 e. The monoisotopic (exact) mass is 442 g/mol. The molecule has 0 unspecified atom stereocenters. The zero-order chi connectivity index (χ0) is 21.7. The van der Waals surface area contributed by atoms with E-state index in [2.05, 4.69) is 21.6 Å². The van der Waals surface area contributed by atoms with E-state index in [0.29, 0.717) is 17.2 Å². The van der Waals surface area contributed by atoms with E-state index >= 15 is 0 Å². The van der Waals surface area contributed by atoms with Crippen molar-refractivity contribution in [3.05, 3.63) is 70.6 Å². The first kappa shape index (κ1) is 19.4. The zero-order valence-corrected chi connectivity index (χ0v) is 18.2. The normalized spacial score (nSPS) is 15.8. The molecular formula is C25H22N4O2S. The first-order valence-corrected chi connectivity index (χ1v) is 11.8. The fraction of sp³-hybridized carbons (Fsp3) is 0.240. The lowest BCUT2D eigenvalue weighted by Crippen LogP contribution is -2.12. The van der Waals surface area contributed by atoms with E-state index in [-0.39, 0.29) is 17.4 Å². The van der Waals surface area contributed by atoms with Crippen LogP contribution in [0.1, 0.15) is 37.3 Å². The highest BCUT2D eigenvalue weighted by atomic mass is 32.2. The second kappa shape index (κ2) is 7.67. The predicted molar refractivity (Wildman–Crippen MR) is 126 cm³/mol. The number of hydrogen-bond acceptors (Lipinski definition) is 4. The SMILES string of the molecule is O=C(Nc1ccc(Sc2cc(-c3c(C4CC4)[nH][nH]c3=O)nc3ccccc23)cc1)C1CC1. The lowest BCUT2D eigenvalue weighted by Gasteiger charge is -2.10. The summed E-state index contributed by atoms with van der Waals surface area (Å²) in [5.41, 5.74) is 3.87. The van der Waals surface area contributed by atoms with Gasteiger partial charge in [-0.1, -0.05) is 30.0 Å². The number of carbonyl (C=O) groups excluding carboxylic acids is 1. The highest BCUT2D eigenvalue weighted by Gasteiger charge is 2.31. The van der Waals surface area contributed by atoms with Gasteiger partial charge in [-0.25, -0.2) is 4.98 Å². The van der Waals surface area contributed by atoms with Crippen molar-refractivity contribution < 1.29 is 4.79 Å². The van der Waals surface area contributed by atoms with Crippen LogP contribution in [0.2, 0.25) is 0 Å². The third-order valence-electron chi connectivity index (χ3n) is 6.02. The number of fused-ring (bicyclic) bond motifs is 1. The molecule has 1 amide bonds. The van der Waals surface area contributed by atoms with Gasteiger partial charge in [0.25, 0.3) is 5.56 Å². The van der Waals surface area contributed by atoms with E-state index in [0.717, 1.165) is 57.8 Å². The summed E-state index contributed by atoms with van der Waals surface area (Å²) in [4.78, 5) is 31.5. The maximum atomic E-state index is 12.6. The summed E-state index contributed by atoms with van der Waals surface area (Å²) in [6.45, 7) is 0. The molecule has 2 fully saturated rings. The van der Waals surface area contributed by atoms with Crippen molar-refractivity contribution in [1.29, 1.82) is 0 Å². The summed E-state index contributed by atoms with van der Waals surface area (Å²) >= 11 is 1.64. The van der Waals surface area contributed by atoms with Gasteiger partial charge in [-0.2, -0.15) is 0 Å². The number of pyridine rings is 1. The van der Waals surface area contributed by atoms with E-state index in [4.69, 9.17) is 4.98 Å². The molecule has 2 aromatic carbocycles. The molecule has 160 valence electrons. The number of amides is 1. The molecule has 0 atom stereocenters. The van der Waals surface area contributed by atoms with Crippen molar-refractivity contribution in [3.8, 4) is 11.3 Å². The third kappa shape index (κ3) is 3.73. The van der Waals surface area contributed by atoms with E-state index in [1.807, 2.05) is 48.5 Å². The zero-order valence-electron chi connectivity index (χ0n) is 17.4. The highest BCUT2D eigenvalue weighted by molar-refractivity contribution is 7.99. The van der Waals surface area contributed by atoms with Gasteiger partial charge < -0.3 is 10.4 Å². The molecule has 0 saturated heterocycles. The Bertz CT molecular complexity index is 1380. The third-order valence-corrected chi connectivity index (χ3v) is 7.09. The van der Waals surface area contributed by atoms with Crippen LogP contribution in [0.3, 0.4) is 0 Å². The molecule has 0 radical (unpaired) electrons. The number of nitrogens with one attached hydrogen (secondary N) is 3. The van der Waals surface area contributed by atoms with Gasteiger partial charge in [-0.3, -0.25) is 14.7 Å². The molecule has 32 heavy (non-hydrogen) atoms. The Morgan fingerprint density at radius 3 is 2.53 bits per heavy atom. The second-order valence-corrected chi connectivity index (χ2v) is 9.67. The average Bonchev–Trinajstić information content (AvgIpc) is 3.73. The van der Waals surface area contributed by atoms with Crippen LogP contribution in [-0.4, -0.2) is 21.1 Å². The van der Waals surface area contributed by atoms with Crippen LogP contribution in [0, 0.1) is 5.92 Å². The molecule has 2 heterocycles. The summed E-state index contributed by atoms with van der Waals surface area (Å²) < 4.78 is 0. The summed E-state index contributed by atoms with van der Waals surface area (Å²) in [6, 6.07) is 17.9. The van der Waals surface area contributed by atoms with Gasteiger partial charge in [-0.15, -0.1) is 0 Å². The van der Waals surface area contributed by atoms with Gasteiger partial charge in [0.15, 0.2) is 0 Å². The molecule has 2 aliphatic rings. The Kier molecular flexibility index (Phi) is 4.64. The quantitative estimate of drug-likeness (QED) is 0.378. The number of hydrogen-bond donors (Lipinski definition) is 3. The summed E-state index contributed by atoms with van der Waals surface area (Å²) in [6.07, 6.45) is 4.17. The standard InChI is InChI=1S/C25H22N4O2S/c30-24(15-7-8-15)26-16-9-11-17(12-10-16)32-21-13-20(27-19-4-2-1-3-18(19)21)22-23(14-5-6-14)28-29-25(22)31/h1-4,9-15H,5-8H2,(H,26,30)(H2,28,29,31). The minimum absolute atomic E-state index is 0.110. The minimum atomic E-state index is -0.124. The van der Waals surface area contributed by atoms with Crippen molar-refractivity contribution in [2.75, 3.05) is 5.32 Å². The van der Waals surface area contributed by atoms with Crippen LogP contribution in [0.5, 0.6) is 0 Å². The molecular weight excluding hydrogens is 420 g/mol. The van der Waals surface area contributed by atoms with Gasteiger partial charge in [0, 0.05) is 38.4 Å². The summed E-state index contributed by atoms with van der Waals surface area (Å²) in [5.74, 6) is 0.702. The molecule has 2 saturated carbocycles. The number of rotatable bonds is 6. The van der Waals surface area contributed by atoms with E-state index in [1.54, 1.807) is 11.8 Å². The van der Waals surface area contributed by atoms with E-state index in [9.17, 15) is 9.59 Å². The number of H-pyrrole nitrogens is 2. The van der Waals surface area contributed by atoms with Crippen LogP contribution in [0.15, 0.2) is 69.2 Å². The molecule has 0 aliphatic heterocycles. The number of para-hydroxylation sites is 1. The van der Waals surface area contributed by atoms with Gasteiger partial charge >= 0.3 is 0 Å². The van der Waals surface area contributed by atoms with Gasteiger partial charge in [-0.05, 0) is 62.1 Å². The number of aromatic nitrogens is 3. The Labute approximate surface area is 188 Å². The van der Waals surface area contributed by atoms with Gasteiger partial charge in [0.1, 0.15) is 0 Å². The Hall–Kier alpha value is -3.32. The van der Waals surface area contributed by atoms with E-state index < -0.39 is 0 Å². The fourth-order valence-electron chi connectivity index (χ4n) is 3.98. The fourth-order valence-corrected chi connectivity index (χ4v) is 4.96. The summed E-state index contributed by atoms with van der Waals surface area (Å²) in [7, 11) is 0. The molecule has 7 heteroatoms. The van der Waals surface area contributed by atoms with Crippen molar-refractivity contribution in [2.45, 2.75) is 41.4 Å². The maximum absolute atomic E-state index is 12.6. The van der Waals surface area contributed by atoms with Gasteiger partial charge in [0.05, 0.1) is 16.8 Å². The van der Waals surface area contributed by atoms with Crippen LogP contribution in [0.25, 0.3) is 22.2 Å². The molecule has 2 aliphatic carbocycles. The van der Waals surface area contributed by atoms with E-state index in [1.165, 1.54) is 0 Å². The molecule has 3 N–H and O–H groups in total. The van der Waals surface area contributed by atoms with Gasteiger partial charge in [0.2, 0.25) is 5.91 Å². The number of nitrogens with zero attached hydrogens (tertiary/aromatic N) is 1. The number of anilines is 1. The summed E-state index contributed by atoms with van der Waals surface area (Å²) in [5, 5.41) is 9.84. The van der Waals surface area contributed by atoms with Crippen LogP contribution < -0.4 is 10.9 Å². The average molecular weight is 443 g/mol. The first-order valence-electron chi connectivity index (χ1n) is 11.0. The molecule has 6 rings (SSSR count). The van der Waals surface area contributed by atoms with Crippen molar-refractivity contribution in [3.63, 3.8) is 0 Å². The first-order chi connectivity index (χ1) is 15.7. The molecule has 0 bridgehead atoms. The Morgan fingerprint density at radius 2 is 1.78 bits per heavy atom. The largest absolute Gasteiger partial charge is 0.326 e. The lowest BCUT2D eigenvalue weighted by molar-refractivity contribution is -0.117. The van der Waals surface area contributed by atoms with Crippen molar-refractivity contribution >= 4 is 34.3 Å². The smallest absolute Gasteiger partial charge is 0.273 e.